The van der Waals surface area contributed by atoms with Crippen LogP contribution in [0, 0.1) is 0 Å². The number of fused-ring (bicyclic) bond motifs is 10. The van der Waals surface area contributed by atoms with Gasteiger partial charge in [0.25, 0.3) is 0 Å². The van der Waals surface area contributed by atoms with E-state index in [-0.39, 0.29) is 0 Å². The molecule has 5 heterocycles. The van der Waals surface area contributed by atoms with E-state index in [1.807, 2.05) is 41.3 Å². The van der Waals surface area contributed by atoms with Gasteiger partial charge in [-0.25, -0.2) is 15.0 Å². The van der Waals surface area contributed by atoms with Crippen LogP contribution in [0.4, 0.5) is 0 Å². The third kappa shape index (κ3) is 5.03. The van der Waals surface area contributed by atoms with Crippen molar-refractivity contribution in [3.05, 3.63) is 188 Å². The molecular formula is C53H31N5S2. The highest BCUT2D eigenvalue weighted by Gasteiger charge is 2.28. The van der Waals surface area contributed by atoms with Crippen molar-refractivity contribution < 1.29 is 0 Å². The number of thiophene rings is 1. The van der Waals surface area contributed by atoms with E-state index in [1.165, 1.54) is 62.7 Å². The van der Waals surface area contributed by atoms with Gasteiger partial charge in [0.1, 0.15) is 5.65 Å². The molecule has 0 fully saturated rings. The minimum absolute atomic E-state index is 0.632. The first kappa shape index (κ1) is 33.6. The maximum atomic E-state index is 5.23. The predicted molar refractivity (Wildman–Crippen MR) is 250 cm³/mol. The molecule has 280 valence electrons. The summed E-state index contributed by atoms with van der Waals surface area (Å²) in [7, 11) is 0. The van der Waals surface area contributed by atoms with Gasteiger partial charge in [-0.05, 0) is 65.7 Å². The number of aromatic nitrogens is 5. The van der Waals surface area contributed by atoms with Gasteiger partial charge in [0.2, 0.25) is 0 Å². The third-order valence-electron chi connectivity index (χ3n) is 11.8. The van der Waals surface area contributed by atoms with Crippen LogP contribution in [0.25, 0.3) is 110 Å². The van der Waals surface area contributed by atoms with Crippen LogP contribution in [0.2, 0.25) is 0 Å². The molecule has 0 atom stereocenters. The van der Waals surface area contributed by atoms with E-state index < -0.39 is 0 Å². The van der Waals surface area contributed by atoms with E-state index >= 15 is 0 Å². The Kier molecular flexibility index (Phi) is 7.34. The molecule has 0 aliphatic carbocycles. The number of rotatable bonds is 5. The lowest BCUT2D eigenvalue weighted by Crippen LogP contribution is -2.06. The molecule has 0 N–H and O–H groups in total. The number of benzene rings is 8. The minimum Gasteiger partial charge on any atom is -0.295 e. The number of para-hydroxylation sites is 3. The summed E-state index contributed by atoms with van der Waals surface area (Å²) in [5.74, 6) is 1.91. The van der Waals surface area contributed by atoms with Gasteiger partial charge in [0, 0.05) is 68.5 Å². The lowest BCUT2D eigenvalue weighted by atomic mass is 9.98. The highest BCUT2D eigenvalue weighted by molar-refractivity contribution is 7.99. The maximum Gasteiger partial charge on any atom is 0.164 e. The Bertz CT molecular complexity index is 3680. The molecule has 60 heavy (non-hydrogen) atoms. The maximum absolute atomic E-state index is 5.23. The second-order valence-electron chi connectivity index (χ2n) is 15.2. The molecule has 0 bridgehead atoms. The van der Waals surface area contributed by atoms with Crippen molar-refractivity contribution in [1.82, 2.24) is 24.1 Å². The Balaban J connectivity index is 0.995. The van der Waals surface area contributed by atoms with Crippen LogP contribution >= 0.6 is 23.1 Å². The van der Waals surface area contributed by atoms with Crippen LogP contribution in [-0.4, -0.2) is 24.1 Å². The van der Waals surface area contributed by atoms with E-state index in [9.17, 15) is 0 Å². The van der Waals surface area contributed by atoms with Gasteiger partial charge in [0.15, 0.2) is 17.5 Å². The standard InChI is InChI=1S/C53H31N5S2/c1-3-13-33(14-4-1)50-54-51(34-27-25-32(26-28-34)37-19-11-23-45-47(37)39-18-8-10-22-43(39)59-45)56-52(55-50)35-29-30-44-42(31-35)58-49-40(20-12-24-46(49)60-44)48-38-17-7-9-21-41(38)57(53(48)58)36-15-5-2-6-16-36/h1-31H. The minimum atomic E-state index is 0.632. The van der Waals surface area contributed by atoms with Gasteiger partial charge in [-0.15, -0.1) is 11.3 Å². The molecule has 0 unspecified atom stereocenters. The van der Waals surface area contributed by atoms with E-state index in [4.69, 9.17) is 15.0 Å². The second kappa shape index (κ2) is 13.1. The SMILES string of the molecule is c1ccc(-c2nc(-c3ccc(-c4cccc5sc6ccccc6c45)cc3)nc(-c3ccc4c(c3)-n3c5c(cccc5c5c6ccccc6n(-c6ccccc6)c53)S4)n2)cc1. The van der Waals surface area contributed by atoms with Crippen molar-refractivity contribution in [1.29, 1.82) is 0 Å². The lowest BCUT2D eigenvalue weighted by molar-refractivity contribution is 1.02. The average molecular weight is 802 g/mol. The van der Waals surface area contributed by atoms with Crippen LogP contribution < -0.4 is 0 Å². The predicted octanol–water partition coefficient (Wildman–Crippen LogP) is 14.4. The summed E-state index contributed by atoms with van der Waals surface area (Å²) in [6.07, 6.45) is 0. The van der Waals surface area contributed by atoms with Crippen molar-refractivity contribution in [2.75, 3.05) is 0 Å². The molecule has 5 nitrogen and oxygen atoms in total. The van der Waals surface area contributed by atoms with Gasteiger partial charge in [0.05, 0.1) is 16.7 Å². The lowest BCUT2D eigenvalue weighted by Gasteiger charge is -2.22. The zero-order valence-corrected chi connectivity index (χ0v) is 33.6. The van der Waals surface area contributed by atoms with Gasteiger partial charge in [-0.1, -0.05) is 145 Å². The van der Waals surface area contributed by atoms with Crippen LogP contribution in [-0.2, 0) is 0 Å². The first-order valence-electron chi connectivity index (χ1n) is 20.0. The molecule has 0 spiro atoms. The topological polar surface area (TPSA) is 48.5 Å². The molecule has 7 heteroatoms. The summed E-state index contributed by atoms with van der Waals surface area (Å²) in [5, 5.41) is 6.34. The van der Waals surface area contributed by atoms with E-state index in [0.29, 0.717) is 17.5 Å². The van der Waals surface area contributed by atoms with Crippen molar-refractivity contribution in [3.63, 3.8) is 0 Å². The van der Waals surface area contributed by atoms with Gasteiger partial charge in [-0.3, -0.25) is 9.13 Å². The van der Waals surface area contributed by atoms with Crippen molar-refractivity contribution >= 4 is 76.1 Å². The zero-order chi connectivity index (χ0) is 39.3. The molecule has 0 saturated heterocycles. The largest absolute Gasteiger partial charge is 0.295 e. The first-order chi connectivity index (χ1) is 29.7. The van der Waals surface area contributed by atoms with Crippen LogP contribution in [0.1, 0.15) is 0 Å². The number of hydrogen-bond acceptors (Lipinski definition) is 5. The smallest absolute Gasteiger partial charge is 0.164 e. The Morgan fingerprint density at radius 2 is 1.02 bits per heavy atom. The van der Waals surface area contributed by atoms with Gasteiger partial charge < -0.3 is 0 Å². The Morgan fingerprint density at radius 3 is 1.83 bits per heavy atom. The summed E-state index contributed by atoms with van der Waals surface area (Å²) >= 11 is 3.67. The fourth-order valence-corrected chi connectivity index (χ4v) is 11.3. The van der Waals surface area contributed by atoms with Crippen molar-refractivity contribution in [3.8, 4) is 56.7 Å². The Hall–Kier alpha value is -7.32. The number of nitrogens with zero attached hydrogens (tertiary/aromatic N) is 5. The summed E-state index contributed by atoms with van der Waals surface area (Å²) < 4.78 is 7.48. The summed E-state index contributed by atoms with van der Waals surface area (Å²) in [6, 6.07) is 67.0. The normalized spacial score (nSPS) is 12.3. The van der Waals surface area contributed by atoms with E-state index in [1.54, 1.807) is 0 Å². The van der Waals surface area contributed by atoms with Crippen molar-refractivity contribution in [2.45, 2.75) is 9.79 Å². The average Bonchev–Trinajstić information content (AvgIpc) is 3.98. The van der Waals surface area contributed by atoms with Crippen LogP contribution in [0.3, 0.4) is 0 Å². The molecule has 0 radical (unpaired) electrons. The third-order valence-corrected chi connectivity index (χ3v) is 14.0. The molecular weight excluding hydrogens is 771 g/mol. The van der Waals surface area contributed by atoms with Crippen LogP contribution in [0.15, 0.2) is 198 Å². The fourth-order valence-electron chi connectivity index (χ4n) is 9.12. The van der Waals surface area contributed by atoms with Crippen molar-refractivity contribution in [2.24, 2.45) is 0 Å². The molecule has 1 aliphatic rings. The molecule has 0 saturated carbocycles. The van der Waals surface area contributed by atoms with Crippen LogP contribution in [0.5, 0.6) is 0 Å². The Morgan fingerprint density at radius 1 is 0.400 bits per heavy atom. The summed E-state index contributed by atoms with van der Waals surface area (Å²) in [5.41, 5.74) is 11.0. The summed E-state index contributed by atoms with van der Waals surface area (Å²) in [4.78, 5) is 17.9. The first-order valence-corrected chi connectivity index (χ1v) is 21.7. The number of hydrogen-bond donors (Lipinski definition) is 0. The molecule has 12 aromatic rings. The van der Waals surface area contributed by atoms with Gasteiger partial charge in [-0.2, -0.15) is 0 Å². The second-order valence-corrected chi connectivity index (χ2v) is 17.4. The molecule has 0 amide bonds. The van der Waals surface area contributed by atoms with E-state index in [0.717, 1.165) is 39.3 Å². The zero-order valence-electron chi connectivity index (χ0n) is 32.0. The quantitative estimate of drug-likeness (QED) is 0.174. The Labute approximate surface area is 352 Å². The summed E-state index contributed by atoms with van der Waals surface area (Å²) in [6.45, 7) is 0. The molecule has 8 aromatic carbocycles. The fraction of sp³-hybridized carbons (Fsp3) is 0. The molecule has 1 aliphatic heterocycles. The monoisotopic (exact) mass is 801 g/mol. The highest BCUT2D eigenvalue weighted by Crippen LogP contribution is 2.50. The molecule has 4 aromatic heterocycles. The highest BCUT2D eigenvalue weighted by atomic mass is 32.2. The molecule has 13 rings (SSSR count). The van der Waals surface area contributed by atoms with Gasteiger partial charge >= 0.3 is 0 Å². The van der Waals surface area contributed by atoms with E-state index in [2.05, 4.69) is 179 Å².